The summed E-state index contributed by atoms with van der Waals surface area (Å²) in [6.07, 6.45) is 4.80. The van der Waals surface area contributed by atoms with E-state index in [-0.39, 0.29) is 5.91 Å². The minimum Gasteiger partial charge on any atom is -0.481 e. The summed E-state index contributed by atoms with van der Waals surface area (Å²) in [6.45, 7) is 1.71. The Balaban J connectivity index is 1.70. The molecule has 2 aromatic rings. The summed E-state index contributed by atoms with van der Waals surface area (Å²) < 4.78 is 30.6. The molecule has 0 saturated heterocycles. The van der Waals surface area contributed by atoms with Crippen molar-refractivity contribution in [2.24, 2.45) is 0 Å². The maximum absolute atomic E-state index is 12.6. The van der Waals surface area contributed by atoms with Crippen LogP contribution in [0.4, 0.5) is 11.4 Å². The molecule has 1 aliphatic carbocycles. The Morgan fingerprint density at radius 2 is 1.86 bits per heavy atom. The lowest BCUT2D eigenvalue weighted by atomic mass is 9.91. The number of hydrogen-bond acceptors (Lipinski definition) is 4. The lowest BCUT2D eigenvalue weighted by molar-refractivity contribution is -0.122. The third kappa shape index (κ3) is 4.65. The van der Waals surface area contributed by atoms with E-state index in [4.69, 9.17) is 4.74 Å². The number of rotatable bonds is 6. The highest BCUT2D eigenvalue weighted by atomic mass is 32.2. The molecule has 0 heterocycles. The summed E-state index contributed by atoms with van der Waals surface area (Å²) in [4.78, 5) is 12.6. The molecule has 3 rings (SSSR count). The molecular weight excluding hydrogens is 376 g/mol. The number of amides is 1. The minimum atomic E-state index is -3.37. The zero-order valence-electron chi connectivity index (χ0n) is 16.4. The first-order valence-corrected chi connectivity index (χ1v) is 11.2. The van der Waals surface area contributed by atoms with Crippen LogP contribution in [-0.2, 0) is 27.7 Å². The van der Waals surface area contributed by atoms with Crippen molar-refractivity contribution in [3.63, 3.8) is 0 Å². The van der Waals surface area contributed by atoms with E-state index in [2.05, 4.69) is 11.4 Å². The van der Waals surface area contributed by atoms with Gasteiger partial charge in [-0.25, -0.2) is 8.42 Å². The lowest BCUT2D eigenvalue weighted by Gasteiger charge is -2.22. The Hall–Kier alpha value is -2.54. The number of anilines is 2. The van der Waals surface area contributed by atoms with Gasteiger partial charge < -0.3 is 10.1 Å². The second-order valence-corrected chi connectivity index (χ2v) is 9.14. The number of sulfonamides is 1. The van der Waals surface area contributed by atoms with Gasteiger partial charge in [-0.05, 0) is 68.0 Å². The van der Waals surface area contributed by atoms with E-state index >= 15 is 0 Å². The smallest absolute Gasteiger partial charge is 0.265 e. The Bertz CT molecular complexity index is 972. The van der Waals surface area contributed by atoms with Crippen molar-refractivity contribution in [1.82, 2.24) is 0 Å². The molecule has 0 unspecified atom stereocenters. The summed E-state index contributed by atoms with van der Waals surface area (Å²) in [5, 5.41) is 2.80. The Labute approximate surface area is 166 Å². The molecule has 7 heteroatoms. The fourth-order valence-electron chi connectivity index (χ4n) is 3.32. The van der Waals surface area contributed by atoms with Crippen molar-refractivity contribution in [3.8, 4) is 5.75 Å². The molecule has 1 aliphatic rings. The molecule has 0 fully saturated rings. The third-order valence-electron chi connectivity index (χ3n) is 5.00. The average Bonchev–Trinajstić information content (AvgIpc) is 2.67. The molecule has 28 heavy (non-hydrogen) atoms. The normalized spacial score (nSPS) is 14.7. The van der Waals surface area contributed by atoms with Crippen LogP contribution in [0.5, 0.6) is 5.75 Å². The first kappa shape index (κ1) is 20.2. The van der Waals surface area contributed by atoms with Gasteiger partial charge in [-0.1, -0.05) is 18.2 Å². The topological polar surface area (TPSA) is 75.7 Å². The van der Waals surface area contributed by atoms with Crippen LogP contribution in [-0.4, -0.2) is 33.7 Å². The van der Waals surface area contributed by atoms with Crippen molar-refractivity contribution >= 4 is 27.3 Å². The van der Waals surface area contributed by atoms with Gasteiger partial charge in [0.25, 0.3) is 5.91 Å². The van der Waals surface area contributed by atoms with Crippen LogP contribution in [0.15, 0.2) is 42.5 Å². The first-order valence-electron chi connectivity index (χ1n) is 9.38. The molecule has 0 saturated carbocycles. The molecule has 0 radical (unpaired) electrons. The zero-order chi connectivity index (χ0) is 20.3. The van der Waals surface area contributed by atoms with Crippen LogP contribution >= 0.6 is 0 Å². The van der Waals surface area contributed by atoms with Crippen LogP contribution in [0.25, 0.3) is 0 Å². The van der Waals surface area contributed by atoms with Crippen molar-refractivity contribution in [3.05, 3.63) is 53.6 Å². The first-order chi connectivity index (χ1) is 13.3. The third-order valence-corrected chi connectivity index (χ3v) is 6.21. The predicted octanol–water partition coefficient (Wildman–Crippen LogP) is 3.37. The number of aryl methyl sites for hydroxylation is 1. The number of carbonyl (C=O) groups is 1. The fraction of sp³-hybridized carbons (Fsp3) is 0.381. The van der Waals surface area contributed by atoms with E-state index < -0.39 is 16.1 Å². The van der Waals surface area contributed by atoms with Crippen molar-refractivity contribution < 1.29 is 17.9 Å². The van der Waals surface area contributed by atoms with Crippen LogP contribution in [0, 0.1) is 0 Å². The second kappa shape index (κ2) is 8.22. The molecule has 1 N–H and O–H groups in total. The summed E-state index contributed by atoms with van der Waals surface area (Å²) in [5.74, 6) is 0.484. The molecule has 0 aliphatic heterocycles. The number of ether oxygens (including phenoxy) is 1. The summed E-state index contributed by atoms with van der Waals surface area (Å²) in [7, 11) is -1.90. The highest BCUT2D eigenvalue weighted by Gasteiger charge is 2.20. The molecule has 1 amide bonds. The van der Waals surface area contributed by atoms with E-state index in [1.54, 1.807) is 31.2 Å². The van der Waals surface area contributed by atoms with Gasteiger partial charge in [0.2, 0.25) is 10.0 Å². The molecule has 150 valence electrons. The van der Waals surface area contributed by atoms with E-state index in [0.717, 1.165) is 31.3 Å². The van der Waals surface area contributed by atoms with Crippen LogP contribution < -0.4 is 14.4 Å². The van der Waals surface area contributed by atoms with Gasteiger partial charge in [0.05, 0.1) is 11.9 Å². The Morgan fingerprint density at radius 3 is 2.61 bits per heavy atom. The standard InChI is InChI=1S/C21H26N2O4S/c1-15(27-20-13-6-9-16-8-4-5-12-19(16)20)21(24)22-17-10-7-11-18(14-17)23(2)28(3,25)26/h6-7,9-11,13-15H,4-5,8,12H2,1-3H3,(H,22,24)/t15-/m1/s1. The van der Waals surface area contributed by atoms with E-state index in [9.17, 15) is 13.2 Å². The number of hydrogen-bond donors (Lipinski definition) is 1. The van der Waals surface area contributed by atoms with Gasteiger partial charge >= 0.3 is 0 Å². The number of nitrogens with zero attached hydrogens (tertiary/aromatic N) is 1. The van der Waals surface area contributed by atoms with Crippen LogP contribution in [0.2, 0.25) is 0 Å². The molecule has 0 spiro atoms. The lowest BCUT2D eigenvalue weighted by Crippen LogP contribution is -2.31. The van der Waals surface area contributed by atoms with E-state index in [1.165, 1.54) is 28.9 Å². The summed E-state index contributed by atoms with van der Waals surface area (Å²) >= 11 is 0. The molecular formula is C21H26N2O4S. The Kier molecular flexibility index (Phi) is 5.93. The maximum Gasteiger partial charge on any atom is 0.265 e. The second-order valence-electron chi connectivity index (χ2n) is 7.13. The number of nitrogens with one attached hydrogen (secondary N) is 1. The van der Waals surface area contributed by atoms with E-state index in [1.807, 2.05) is 12.1 Å². The minimum absolute atomic E-state index is 0.285. The zero-order valence-corrected chi connectivity index (χ0v) is 17.3. The van der Waals surface area contributed by atoms with Crippen molar-refractivity contribution in [1.29, 1.82) is 0 Å². The highest BCUT2D eigenvalue weighted by molar-refractivity contribution is 7.92. The molecule has 0 aromatic heterocycles. The largest absolute Gasteiger partial charge is 0.481 e. The fourth-order valence-corrected chi connectivity index (χ4v) is 3.81. The number of fused-ring (bicyclic) bond motifs is 1. The summed E-state index contributed by atoms with van der Waals surface area (Å²) in [5.41, 5.74) is 3.49. The molecule has 6 nitrogen and oxygen atoms in total. The van der Waals surface area contributed by atoms with Crippen LogP contribution in [0.3, 0.4) is 0 Å². The van der Waals surface area contributed by atoms with Crippen molar-refractivity contribution in [2.75, 3.05) is 22.9 Å². The monoisotopic (exact) mass is 402 g/mol. The van der Waals surface area contributed by atoms with Gasteiger partial charge in [-0.15, -0.1) is 0 Å². The average molecular weight is 403 g/mol. The molecule has 2 aromatic carbocycles. The highest BCUT2D eigenvalue weighted by Crippen LogP contribution is 2.30. The number of carbonyl (C=O) groups excluding carboxylic acids is 1. The Morgan fingerprint density at radius 1 is 1.14 bits per heavy atom. The molecule has 0 bridgehead atoms. The van der Waals surface area contributed by atoms with Crippen molar-refractivity contribution in [2.45, 2.75) is 38.7 Å². The van der Waals surface area contributed by atoms with Gasteiger partial charge in [0.1, 0.15) is 5.75 Å². The van der Waals surface area contributed by atoms with Gasteiger partial charge in [-0.2, -0.15) is 0 Å². The SMILES string of the molecule is C[C@@H](Oc1cccc2c1CCCC2)C(=O)Nc1cccc(N(C)S(C)(=O)=O)c1. The quantitative estimate of drug-likeness (QED) is 0.804. The number of benzene rings is 2. The van der Waals surface area contributed by atoms with Gasteiger partial charge in [0.15, 0.2) is 6.10 Å². The van der Waals surface area contributed by atoms with Crippen LogP contribution in [0.1, 0.15) is 30.9 Å². The predicted molar refractivity (Wildman–Crippen MR) is 111 cm³/mol. The molecule has 1 atom stereocenters. The van der Waals surface area contributed by atoms with Gasteiger partial charge in [0, 0.05) is 12.7 Å². The summed E-state index contributed by atoms with van der Waals surface area (Å²) in [6, 6.07) is 12.7. The maximum atomic E-state index is 12.6. The van der Waals surface area contributed by atoms with Gasteiger partial charge in [-0.3, -0.25) is 9.10 Å². The van der Waals surface area contributed by atoms with E-state index in [0.29, 0.717) is 11.4 Å².